The maximum absolute atomic E-state index is 12.0. The normalized spacial score (nSPS) is 9.96. The minimum Gasteiger partial charge on any atom is -0.493 e. The van der Waals surface area contributed by atoms with Crippen molar-refractivity contribution < 1.29 is 23.8 Å². The van der Waals surface area contributed by atoms with E-state index in [4.69, 9.17) is 14.2 Å². The standard InChI is InChI=1S/C19H22N2O5/c1-13-6-4-5-7-15(13)26-12-19(23)21-20-18(22)11-14-8-9-16(24-2)17(10-14)25-3/h4-10H,11-12H2,1-3H3,(H,20,22)(H,21,23). The first-order chi connectivity index (χ1) is 12.5. The van der Waals surface area contributed by atoms with Crippen molar-refractivity contribution in [1.82, 2.24) is 10.9 Å². The summed E-state index contributed by atoms with van der Waals surface area (Å²) in [4.78, 5) is 23.7. The van der Waals surface area contributed by atoms with E-state index in [0.717, 1.165) is 11.1 Å². The van der Waals surface area contributed by atoms with Crippen LogP contribution >= 0.6 is 0 Å². The number of hydrogen-bond donors (Lipinski definition) is 2. The Kier molecular flexibility index (Phi) is 6.84. The zero-order chi connectivity index (χ0) is 18.9. The number of carbonyl (C=O) groups is 2. The smallest absolute Gasteiger partial charge is 0.276 e. The van der Waals surface area contributed by atoms with Gasteiger partial charge >= 0.3 is 0 Å². The van der Waals surface area contributed by atoms with Gasteiger partial charge in [-0.25, -0.2) is 0 Å². The lowest BCUT2D eigenvalue weighted by molar-refractivity contribution is -0.129. The monoisotopic (exact) mass is 358 g/mol. The van der Waals surface area contributed by atoms with Gasteiger partial charge in [0.05, 0.1) is 20.6 Å². The van der Waals surface area contributed by atoms with Crippen molar-refractivity contribution in [2.24, 2.45) is 0 Å². The average Bonchev–Trinajstić information content (AvgIpc) is 2.65. The van der Waals surface area contributed by atoms with Gasteiger partial charge in [0.25, 0.3) is 5.91 Å². The molecule has 2 rings (SSSR count). The molecule has 0 aliphatic carbocycles. The van der Waals surface area contributed by atoms with Crippen molar-refractivity contribution in [3.05, 3.63) is 53.6 Å². The van der Waals surface area contributed by atoms with Gasteiger partial charge in [0.15, 0.2) is 18.1 Å². The Balaban J connectivity index is 1.79. The number of nitrogens with one attached hydrogen (secondary N) is 2. The number of methoxy groups -OCH3 is 2. The van der Waals surface area contributed by atoms with Crippen LogP contribution in [0.3, 0.4) is 0 Å². The lowest BCUT2D eigenvalue weighted by Gasteiger charge is -2.11. The Morgan fingerprint density at radius 3 is 2.27 bits per heavy atom. The van der Waals surface area contributed by atoms with Crippen LogP contribution in [0.15, 0.2) is 42.5 Å². The quantitative estimate of drug-likeness (QED) is 0.737. The summed E-state index contributed by atoms with van der Waals surface area (Å²) in [5.74, 6) is 0.932. The first-order valence-electron chi connectivity index (χ1n) is 8.00. The highest BCUT2D eigenvalue weighted by molar-refractivity contribution is 5.84. The lowest BCUT2D eigenvalue weighted by atomic mass is 10.1. The summed E-state index contributed by atoms with van der Waals surface area (Å²) in [7, 11) is 3.06. The Morgan fingerprint density at radius 1 is 0.885 bits per heavy atom. The molecule has 0 bridgehead atoms. The van der Waals surface area contributed by atoms with E-state index in [0.29, 0.717) is 17.2 Å². The number of ether oxygens (including phenoxy) is 3. The van der Waals surface area contributed by atoms with Gasteiger partial charge in [-0.3, -0.25) is 20.4 Å². The summed E-state index contributed by atoms with van der Waals surface area (Å²) in [6, 6.07) is 12.6. The molecular formula is C19H22N2O5. The number of hydrazine groups is 1. The van der Waals surface area contributed by atoms with E-state index in [2.05, 4.69) is 10.9 Å². The van der Waals surface area contributed by atoms with Gasteiger partial charge in [0.1, 0.15) is 5.75 Å². The Bertz CT molecular complexity index is 776. The fraction of sp³-hybridized carbons (Fsp3) is 0.263. The second-order valence-corrected chi connectivity index (χ2v) is 5.52. The third kappa shape index (κ3) is 5.41. The van der Waals surface area contributed by atoms with E-state index in [1.54, 1.807) is 31.4 Å². The predicted octanol–water partition coefficient (Wildman–Crippen LogP) is 1.78. The molecular weight excluding hydrogens is 336 g/mol. The SMILES string of the molecule is COc1ccc(CC(=O)NNC(=O)COc2ccccc2C)cc1OC. The Hall–Kier alpha value is -3.22. The van der Waals surface area contributed by atoms with Gasteiger partial charge in [0, 0.05) is 0 Å². The van der Waals surface area contributed by atoms with Crippen LogP contribution in [0, 0.1) is 6.92 Å². The molecule has 0 saturated heterocycles. The van der Waals surface area contributed by atoms with Crippen LogP contribution < -0.4 is 25.1 Å². The van der Waals surface area contributed by atoms with Crippen LogP contribution in [0.1, 0.15) is 11.1 Å². The molecule has 7 heteroatoms. The molecule has 0 aromatic heterocycles. The third-order valence-corrected chi connectivity index (χ3v) is 3.61. The molecule has 0 fully saturated rings. The average molecular weight is 358 g/mol. The predicted molar refractivity (Wildman–Crippen MR) is 96.2 cm³/mol. The molecule has 0 aliphatic heterocycles. The highest BCUT2D eigenvalue weighted by atomic mass is 16.5. The molecule has 0 aliphatic rings. The minimum absolute atomic E-state index is 0.0826. The fourth-order valence-corrected chi connectivity index (χ4v) is 2.26. The summed E-state index contributed by atoms with van der Waals surface area (Å²) in [5, 5.41) is 0. The number of amides is 2. The highest BCUT2D eigenvalue weighted by Crippen LogP contribution is 2.27. The van der Waals surface area contributed by atoms with E-state index in [9.17, 15) is 9.59 Å². The van der Waals surface area contributed by atoms with Crippen molar-refractivity contribution in [1.29, 1.82) is 0 Å². The van der Waals surface area contributed by atoms with Crippen LogP contribution in [0.2, 0.25) is 0 Å². The van der Waals surface area contributed by atoms with Crippen molar-refractivity contribution >= 4 is 11.8 Å². The second kappa shape index (κ2) is 9.31. The third-order valence-electron chi connectivity index (χ3n) is 3.61. The molecule has 138 valence electrons. The molecule has 0 atom stereocenters. The molecule has 0 radical (unpaired) electrons. The molecule has 2 aromatic rings. The molecule has 0 heterocycles. The lowest BCUT2D eigenvalue weighted by Crippen LogP contribution is -2.44. The Morgan fingerprint density at radius 2 is 1.58 bits per heavy atom. The van der Waals surface area contributed by atoms with E-state index in [1.165, 1.54) is 7.11 Å². The maximum Gasteiger partial charge on any atom is 0.276 e. The molecule has 2 aromatic carbocycles. The number of benzene rings is 2. The molecule has 7 nitrogen and oxygen atoms in total. The van der Waals surface area contributed by atoms with E-state index in [1.807, 2.05) is 25.1 Å². The van der Waals surface area contributed by atoms with Crippen LogP contribution in [0.25, 0.3) is 0 Å². The minimum atomic E-state index is -0.450. The summed E-state index contributed by atoms with van der Waals surface area (Å²) in [5.41, 5.74) is 6.34. The number of aryl methyl sites for hydroxylation is 1. The summed E-state index contributed by atoms with van der Waals surface area (Å²) in [6.45, 7) is 1.69. The largest absolute Gasteiger partial charge is 0.493 e. The van der Waals surface area contributed by atoms with Gasteiger partial charge in [-0.15, -0.1) is 0 Å². The topological polar surface area (TPSA) is 85.9 Å². The van der Waals surface area contributed by atoms with Crippen molar-refractivity contribution in [2.75, 3.05) is 20.8 Å². The van der Waals surface area contributed by atoms with Crippen LogP contribution in [-0.4, -0.2) is 32.6 Å². The van der Waals surface area contributed by atoms with Gasteiger partial charge in [-0.1, -0.05) is 24.3 Å². The number of para-hydroxylation sites is 1. The van der Waals surface area contributed by atoms with Crippen LogP contribution in [-0.2, 0) is 16.0 Å². The van der Waals surface area contributed by atoms with Gasteiger partial charge in [-0.2, -0.15) is 0 Å². The maximum atomic E-state index is 12.0. The molecule has 0 spiro atoms. The van der Waals surface area contributed by atoms with Crippen molar-refractivity contribution in [3.8, 4) is 17.2 Å². The number of carbonyl (C=O) groups excluding carboxylic acids is 2. The second-order valence-electron chi connectivity index (χ2n) is 5.52. The molecule has 2 N–H and O–H groups in total. The first kappa shape index (κ1) is 19.1. The first-order valence-corrected chi connectivity index (χ1v) is 8.00. The molecule has 0 unspecified atom stereocenters. The molecule has 0 saturated carbocycles. The zero-order valence-electron chi connectivity index (χ0n) is 15.0. The number of hydrogen-bond acceptors (Lipinski definition) is 5. The van der Waals surface area contributed by atoms with Gasteiger partial charge in [0.2, 0.25) is 5.91 Å². The van der Waals surface area contributed by atoms with E-state index < -0.39 is 5.91 Å². The highest BCUT2D eigenvalue weighted by Gasteiger charge is 2.10. The van der Waals surface area contributed by atoms with Crippen LogP contribution in [0.5, 0.6) is 17.2 Å². The summed E-state index contributed by atoms with van der Waals surface area (Å²) < 4.78 is 15.8. The molecule has 26 heavy (non-hydrogen) atoms. The summed E-state index contributed by atoms with van der Waals surface area (Å²) >= 11 is 0. The van der Waals surface area contributed by atoms with E-state index in [-0.39, 0.29) is 18.9 Å². The van der Waals surface area contributed by atoms with Crippen molar-refractivity contribution in [3.63, 3.8) is 0 Å². The Labute approximate surface area is 152 Å². The fourth-order valence-electron chi connectivity index (χ4n) is 2.26. The van der Waals surface area contributed by atoms with Gasteiger partial charge < -0.3 is 14.2 Å². The van der Waals surface area contributed by atoms with E-state index >= 15 is 0 Å². The zero-order valence-corrected chi connectivity index (χ0v) is 15.0. The number of rotatable bonds is 7. The van der Waals surface area contributed by atoms with Crippen molar-refractivity contribution in [2.45, 2.75) is 13.3 Å². The molecule has 2 amide bonds. The van der Waals surface area contributed by atoms with Crippen LogP contribution in [0.4, 0.5) is 0 Å². The summed E-state index contributed by atoms with van der Waals surface area (Å²) in [6.07, 6.45) is 0.0826. The van der Waals surface area contributed by atoms with Gasteiger partial charge in [-0.05, 0) is 36.2 Å².